The van der Waals surface area contributed by atoms with Crippen molar-refractivity contribution in [2.45, 2.75) is 45.3 Å². The molecule has 0 bridgehead atoms. The van der Waals surface area contributed by atoms with Crippen molar-refractivity contribution in [3.8, 4) is 0 Å². The molecule has 5 rings (SSSR count). The van der Waals surface area contributed by atoms with Crippen LogP contribution in [0.1, 0.15) is 43.5 Å². The highest BCUT2D eigenvalue weighted by Gasteiger charge is 2.50. The van der Waals surface area contributed by atoms with E-state index in [1.165, 1.54) is 6.07 Å². The third-order valence-electron chi connectivity index (χ3n) is 7.10. The number of carbonyl (C=O) groups excluding carboxylic acids is 1. The molecule has 1 amide bonds. The van der Waals surface area contributed by atoms with Crippen molar-refractivity contribution in [3.63, 3.8) is 0 Å². The molecule has 1 aromatic heterocycles. The number of halogens is 1. The predicted octanol–water partition coefficient (Wildman–Crippen LogP) is 3.47. The van der Waals surface area contributed by atoms with Gasteiger partial charge in [-0.3, -0.25) is 9.69 Å². The fourth-order valence-corrected chi connectivity index (χ4v) is 5.39. The maximum absolute atomic E-state index is 14.0. The molecule has 3 aliphatic rings. The van der Waals surface area contributed by atoms with Gasteiger partial charge < -0.3 is 9.47 Å². The number of hydrogen-bond donors (Lipinski definition) is 0. The van der Waals surface area contributed by atoms with Gasteiger partial charge in [-0.05, 0) is 43.4 Å². The van der Waals surface area contributed by atoms with Crippen LogP contribution in [-0.2, 0) is 17.9 Å². The lowest BCUT2D eigenvalue weighted by atomic mass is 9.83. The molecular formula is C23H29FN4O. The van der Waals surface area contributed by atoms with Crippen molar-refractivity contribution >= 4 is 5.91 Å². The van der Waals surface area contributed by atoms with E-state index in [4.69, 9.17) is 0 Å². The molecular weight excluding hydrogens is 367 g/mol. The fraction of sp³-hybridized carbons (Fsp3) is 0.565. The normalized spacial score (nSPS) is 27.2. The molecule has 2 aliphatic heterocycles. The van der Waals surface area contributed by atoms with E-state index < -0.39 is 0 Å². The molecule has 1 aromatic carbocycles. The summed E-state index contributed by atoms with van der Waals surface area (Å²) in [4.78, 5) is 22.2. The molecule has 3 heterocycles. The summed E-state index contributed by atoms with van der Waals surface area (Å²) >= 11 is 0. The summed E-state index contributed by atoms with van der Waals surface area (Å²) in [6.07, 6.45) is 7.17. The molecule has 29 heavy (non-hydrogen) atoms. The van der Waals surface area contributed by atoms with E-state index in [1.54, 1.807) is 12.1 Å². The lowest BCUT2D eigenvalue weighted by Crippen LogP contribution is -2.41. The molecule has 5 nitrogen and oxygen atoms in total. The Morgan fingerprint density at radius 3 is 2.79 bits per heavy atom. The van der Waals surface area contributed by atoms with E-state index in [1.807, 2.05) is 12.4 Å². The molecule has 1 aliphatic carbocycles. The average molecular weight is 397 g/mol. The summed E-state index contributed by atoms with van der Waals surface area (Å²) in [5.74, 6) is 1.05. The predicted molar refractivity (Wildman–Crippen MR) is 108 cm³/mol. The number of amides is 1. The zero-order valence-corrected chi connectivity index (χ0v) is 17.0. The minimum Gasteiger partial charge on any atom is -0.337 e. The van der Waals surface area contributed by atoms with Gasteiger partial charge in [-0.15, -0.1) is 0 Å². The summed E-state index contributed by atoms with van der Waals surface area (Å²) < 4.78 is 16.1. The summed E-state index contributed by atoms with van der Waals surface area (Å²) in [7, 11) is 0. The Labute approximate surface area is 171 Å². The molecule has 2 aromatic rings. The molecule has 1 saturated carbocycles. The molecule has 6 heteroatoms. The number of imidazole rings is 1. The zero-order chi connectivity index (χ0) is 20.0. The van der Waals surface area contributed by atoms with Crippen molar-refractivity contribution < 1.29 is 9.18 Å². The minimum atomic E-state index is -0.220. The summed E-state index contributed by atoms with van der Waals surface area (Å²) in [5.41, 5.74) is 2.04. The van der Waals surface area contributed by atoms with Crippen LogP contribution in [-0.4, -0.2) is 44.9 Å². The minimum absolute atomic E-state index is 0.0120. The number of benzene rings is 1. The number of nitrogens with zero attached hydrogens (tertiary/aromatic N) is 4. The third kappa shape index (κ3) is 3.48. The molecule has 2 saturated heterocycles. The van der Waals surface area contributed by atoms with E-state index in [2.05, 4.69) is 32.5 Å². The van der Waals surface area contributed by atoms with E-state index >= 15 is 0 Å². The Morgan fingerprint density at radius 2 is 2.10 bits per heavy atom. The highest BCUT2D eigenvalue weighted by molar-refractivity contribution is 5.80. The third-order valence-corrected chi connectivity index (χ3v) is 7.10. The maximum atomic E-state index is 14.0. The van der Waals surface area contributed by atoms with Crippen LogP contribution in [0.2, 0.25) is 0 Å². The molecule has 0 unspecified atom stereocenters. The van der Waals surface area contributed by atoms with Gasteiger partial charge in [-0.25, -0.2) is 9.37 Å². The molecule has 0 radical (unpaired) electrons. The van der Waals surface area contributed by atoms with Gasteiger partial charge in [0.2, 0.25) is 5.91 Å². The second-order valence-electron chi connectivity index (χ2n) is 8.93. The van der Waals surface area contributed by atoms with Crippen LogP contribution in [0.4, 0.5) is 4.39 Å². The first-order chi connectivity index (χ1) is 14.1. The van der Waals surface area contributed by atoms with Gasteiger partial charge in [0.05, 0.1) is 18.1 Å². The van der Waals surface area contributed by atoms with Crippen LogP contribution in [0.3, 0.4) is 0 Å². The quantitative estimate of drug-likeness (QED) is 0.777. The highest BCUT2D eigenvalue weighted by atomic mass is 19.1. The van der Waals surface area contributed by atoms with Gasteiger partial charge in [0.25, 0.3) is 0 Å². The Bertz CT molecular complexity index is 893. The highest BCUT2D eigenvalue weighted by Crippen LogP contribution is 2.47. The molecule has 3 fully saturated rings. The number of aryl methyl sites for hydroxylation is 1. The summed E-state index contributed by atoms with van der Waals surface area (Å²) in [5, 5.41) is 0. The summed E-state index contributed by atoms with van der Waals surface area (Å²) in [6.45, 7) is 6.58. The van der Waals surface area contributed by atoms with Crippen molar-refractivity contribution in [1.82, 2.24) is 19.4 Å². The zero-order valence-electron chi connectivity index (χ0n) is 17.0. The fourth-order valence-electron chi connectivity index (χ4n) is 5.39. The van der Waals surface area contributed by atoms with Gasteiger partial charge in [0.1, 0.15) is 5.82 Å². The molecule has 0 N–H and O–H groups in total. The largest absolute Gasteiger partial charge is 0.337 e. The van der Waals surface area contributed by atoms with Gasteiger partial charge in [-0.1, -0.05) is 18.6 Å². The van der Waals surface area contributed by atoms with Gasteiger partial charge in [-0.2, -0.15) is 0 Å². The molecule has 3 atom stereocenters. The first-order valence-electron chi connectivity index (χ1n) is 10.9. The van der Waals surface area contributed by atoms with E-state index in [0.29, 0.717) is 11.8 Å². The Morgan fingerprint density at radius 1 is 1.24 bits per heavy atom. The van der Waals surface area contributed by atoms with E-state index in [-0.39, 0.29) is 23.7 Å². The standard InChI is InChI=1S/C23H29FN4O/c1-2-26-12-20(25-15-26)13-27-10-18-11-28(23(29)16-5-3-6-16)22(21(18)14-27)17-7-4-8-19(24)9-17/h4,7-9,12,15-16,18,21-22H,2-3,5-6,10-11,13-14H2,1H3/t18-,21-,22+/m0/s1. The first kappa shape index (κ1) is 18.8. The number of aromatic nitrogens is 2. The summed E-state index contributed by atoms with van der Waals surface area (Å²) in [6, 6.07) is 6.86. The topological polar surface area (TPSA) is 41.4 Å². The number of hydrogen-bond acceptors (Lipinski definition) is 3. The number of rotatable bonds is 5. The van der Waals surface area contributed by atoms with E-state index in [9.17, 15) is 9.18 Å². The van der Waals surface area contributed by atoms with Crippen LogP contribution in [0.25, 0.3) is 0 Å². The van der Waals surface area contributed by atoms with Crippen LogP contribution < -0.4 is 0 Å². The number of likely N-dealkylation sites (tertiary alicyclic amines) is 2. The van der Waals surface area contributed by atoms with E-state index in [0.717, 1.165) is 63.2 Å². The monoisotopic (exact) mass is 396 g/mol. The van der Waals surface area contributed by atoms with Gasteiger partial charge >= 0.3 is 0 Å². The van der Waals surface area contributed by atoms with Crippen molar-refractivity contribution in [2.24, 2.45) is 17.8 Å². The van der Waals surface area contributed by atoms with Crippen molar-refractivity contribution in [2.75, 3.05) is 19.6 Å². The smallest absolute Gasteiger partial charge is 0.226 e. The average Bonchev–Trinajstić information content (AvgIpc) is 3.34. The van der Waals surface area contributed by atoms with Crippen molar-refractivity contribution in [1.29, 1.82) is 0 Å². The maximum Gasteiger partial charge on any atom is 0.226 e. The second kappa shape index (κ2) is 7.56. The van der Waals surface area contributed by atoms with Crippen molar-refractivity contribution in [3.05, 3.63) is 53.9 Å². The first-order valence-corrected chi connectivity index (χ1v) is 10.9. The van der Waals surface area contributed by atoms with Crippen LogP contribution in [0, 0.1) is 23.6 Å². The van der Waals surface area contributed by atoms with Crippen LogP contribution in [0.15, 0.2) is 36.8 Å². The lowest BCUT2D eigenvalue weighted by molar-refractivity contribution is -0.139. The van der Waals surface area contributed by atoms with Crippen LogP contribution in [0.5, 0.6) is 0 Å². The van der Waals surface area contributed by atoms with Gasteiger partial charge in [0.15, 0.2) is 0 Å². The molecule has 0 spiro atoms. The second-order valence-corrected chi connectivity index (χ2v) is 8.93. The molecule has 154 valence electrons. The number of fused-ring (bicyclic) bond motifs is 1. The Hall–Kier alpha value is -2.21. The Kier molecular flexibility index (Phi) is 4.90. The Balaban J connectivity index is 1.37. The van der Waals surface area contributed by atoms with Gasteiger partial charge in [0, 0.05) is 50.8 Å². The SMILES string of the molecule is CCn1cnc(CN2C[C@H]3CN(C(=O)C4CCC4)[C@H](c4cccc(F)c4)[C@H]3C2)c1. The van der Waals surface area contributed by atoms with Crippen LogP contribution >= 0.6 is 0 Å². The lowest BCUT2D eigenvalue weighted by Gasteiger charge is -2.35. The number of carbonyl (C=O) groups is 1.